The van der Waals surface area contributed by atoms with Crippen molar-refractivity contribution >= 4 is 6.29 Å². The number of carbonyl (C=O) groups excluding carboxylic acids is 1. The topological polar surface area (TPSA) is 26.3 Å². The molecule has 0 amide bonds. The van der Waals surface area contributed by atoms with Gasteiger partial charge in [-0.1, -0.05) is 0 Å². The van der Waals surface area contributed by atoms with Crippen LogP contribution in [0.5, 0.6) is 0 Å². The molecule has 1 aliphatic carbocycles. The van der Waals surface area contributed by atoms with Crippen LogP contribution in [0.2, 0.25) is 0 Å². The molecule has 1 saturated carbocycles. The summed E-state index contributed by atoms with van der Waals surface area (Å²) in [7, 11) is 0. The first kappa shape index (κ1) is 6.75. The molecule has 2 heteroatoms. The summed E-state index contributed by atoms with van der Waals surface area (Å²) in [5.41, 5.74) is -0.0174. The Balaban J connectivity index is 2.24. The molecule has 52 valence electrons. The highest BCUT2D eigenvalue weighted by molar-refractivity contribution is 5.52. The highest BCUT2D eigenvalue weighted by atomic mass is 16.5. The van der Waals surface area contributed by atoms with Crippen molar-refractivity contribution in [3.63, 3.8) is 0 Å². The maximum Gasteiger partial charge on any atom is 0.122 e. The summed E-state index contributed by atoms with van der Waals surface area (Å²) in [6, 6.07) is 0. The molecule has 0 N–H and O–H groups in total. The lowest BCUT2D eigenvalue weighted by Gasteiger charge is -2.09. The van der Waals surface area contributed by atoms with E-state index in [1.165, 1.54) is 0 Å². The minimum Gasteiger partial charge on any atom is -0.375 e. The van der Waals surface area contributed by atoms with Gasteiger partial charge < -0.3 is 9.53 Å². The van der Waals surface area contributed by atoms with Crippen LogP contribution in [0.15, 0.2) is 0 Å². The van der Waals surface area contributed by atoms with Crippen molar-refractivity contribution < 1.29 is 9.53 Å². The van der Waals surface area contributed by atoms with Crippen LogP contribution in [0.25, 0.3) is 0 Å². The van der Waals surface area contributed by atoms with E-state index in [1.807, 2.05) is 6.92 Å². The predicted octanol–water partition coefficient (Wildman–Crippen LogP) is 1.14. The third kappa shape index (κ3) is 1.52. The van der Waals surface area contributed by atoms with Gasteiger partial charge in [-0.05, 0) is 19.8 Å². The molecule has 0 atom stereocenters. The van der Waals surface area contributed by atoms with Gasteiger partial charge in [0, 0.05) is 13.0 Å². The van der Waals surface area contributed by atoms with Crippen LogP contribution in [-0.2, 0) is 9.53 Å². The summed E-state index contributed by atoms with van der Waals surface area (Å²) < 4.78 is 5.35. The van der Waals surface area contributed by atoms with Crippen LogP contribution in [0.1, 0.15) is 26.2 Å². The van der Waals surface area contributed by atoms with E-state index in [0.717, 1.165) is 25.7 Å². The Labute approximate surface area is 55.2 Å². The van der Waals surface area contributed by atoms with Gasteiger partial charge in [-0.3, -0.25) is 0 Å². The second kappa shape index (κ2) is 2.48. The molecule has 0 bridgehead atoms. The van der Waals surface area contributed by atoms with Gasteiger partial charge in [0.05, 0.1) is 5.60 Å². The molecule has 2 nitrogen and oxygen atoms in total. The third-order valence-electron chi connectivity index (χ3n) is 1.71. The van der Waals surface area contributed by atoms with Crippen molar-refractivity contribution in [2.24, 2.45) is 0 Å². The first-order valence-electron chi connectivity index (χ1n) is 3.40. The zero-order valence-corrected chi connectivity index (χ0v) is 5.72. The molecule has 1 aliphatic rings. The average Bonchev–Trinajstić information content (AvgIpc) is 2.51. The lowest BCUT2D eigenvalue weighted by molar-refractivity contribution is -0.111. The number of rotatable bonds is 4. The van der Waals surface area contributed by atoms with Crippen molar-refractivity contribution in [1.82, 2.24) is 0 Å². The van der Waals surface area contributed by atoms with Crippen LogP contribution in [0, 0.1) is 0 Å². The molecule has 0 aliphatic heterocycles. The molecule has 0 spiro atoms. The van der Waals surface area contributed by atoms with Gasteiger partial charge in [0.2, 0.25) is 0 Å². The summed E-state index contributed by atoms with van der Waals surface area (Å²) >= 11 is 0. The quantitative estimate of drug-likeness (QED) is 0.531. The van der Waals surface area contributed by atoms with Crippen molar-refractivity contribution in [2.45, 2.75) is 31.8 Å². The summed E-state index contributed by atoms with van der Waals surface area (Å²) in [6.45, 7) is 2.69. The standard InChI is InChI=1S/C7H12O2/c1-2-9-7(3-4-7)5-6-8/h6H,2-5H2,1H3. The summed E-state index contributed by atoms with van der Waals surface area (Å²) in [6.07, 6.45) is 3.67. The zero-order chi connectivity index (χ0) is 6.74. The average molecular weight is 128 g/mol. The van der Waals surface area contributed by atoms with Crippen LogP contribution in [0.4, 0.5) is 0 Å². The van der Waals surface area contributed by atoms with Gasteiger partial charge in [0.15, 0.2) is 0 Å². The molecule has 0 heterocycles. The largest absolute Gasteiger partial charge is 0.375 e. The summed E-state index contributed by atoms with van der Waals surface area (Å²) in [5.74, 6) is 0. The van der Waals surface area contributed by atoms with Crippen molar-refractivity contribution in [3.05, 3.63) is 0 Å². The van der Waals surface area contributed by atoms with Crippen molar-refractivity contribution in [1.29, 1.82) is 0 Å². The minimum atomic E-state index is -0.0174. The van der Waals surface area contributed by atoms with Crippen LogP contribution >= 0.6 is 0 Å². The van der Waals surface area contributed by atoms with E-state index in [-0.39, 0.29) is 5.60 Å². The van der Waals surface area contributed by atoms with Crippen molar-refractivity contribution in [2.75, 3.05) is 6.61 Å². The Morgan fingerprint density at radius 3 is 2.67 bits per heavy atom. The number of carbonyl (C=O) groups is 1. The number of aldehydes is 1. The first-order chi connectivity index (χ1) is 4.33. The number of ether oxygens (including phenoxy) is 1. The Hall–Kier alpha value is -0.370. The van der Waals surface area contributed by atoms with E-state index in [4.69, 9.17) is 4.74 Å². The van der Waals surface area contributed by atoms with Crippen molar-refractivity contribution in [3.8, 4) is 0 Å². The van der Waals surface area contributed by atoms with E-state index < -0.39 is 0 Å². The van der Waals surface area contributed by atoms with Gasteiger partial charge in [-0.15, -0.1) is 0 Å². The Kier molecular flexibility index (Phi) is 1.86. The van der Waals surface area contributed by atoms with Crippen LogP contribution in [0.3, 0.4) is 0 Å². The second-order valence-corrected chi connectivity index (χ2v) is 2.49. The molecule has 1 rings (SSSR count). The Morgan fingerprint density at radius 1 is 1.67 bits per heavy atom. The van der Waals surface area contributed by atoms with E-state index in [0.29, 0.717) is 6.42 Å². The lowest BCUT2D eigenvalue weighted by atomic mass is 10.2. The van der Waals surface area contributed by atoms with Gasteiger partial charge in [0.1, 0.15) is 6.29 Å². The molecular formula is C7H12O2. The van der Waals surface area contributed by atoms with Gasteiger partial charge in [-0.2, -0.15) is 0 Å². The van der Waals surface area contributed by atoms with Crippen LogP contribution in [-0.4, -0.2) is 18.5 Å². The smallest absolute Gasteiger partial charge is 0.122 e. The normalized spacial score (nSPS) is 21.4. The van der Waals surface area contributed by atoms with E-state index >= 15 is 0 Å². The maximum atomic E-state index is 10.1. The Bertz CT molecular complexity index is 105. The minimum absolute atomic E-state index is 0.0174. The molecule has 9 heavy (non-hydrogen) atoms. The molecule has 0 saturated heterocycles. The van der Waals surface area contributed by atoms with E-state index in [9.17, 15) is 4.79 Å². The monoisotopic (exact) mass is 128 g/mol. The molecule has 1 fully saturated rings. The maximum absolute atomic E-state index is 10.1. The number of hydrogen-bond acceptors (Lipinski definition) is 2. The highest BCUT2D eigenvalue weighted by Gasteiger charge is 2.42. The highest BCUT2D eigenvalue weighted by Crippen LogP contribution is 2.41. The molecule has 0 radical (unpaired) electrons. The first-order valence-corrected chi connectivity index (χ1v) is 3.40. The molecular weight excluding hydrogens is 116 g/mol. The number of hydrogen-bond donors (Lipinski definition) is 0. The molecule has 0 aromatic heterocycles. The third-order valence-corrected chi connectivity index (χ3v) is 1.71. The lowest BCUT2D eigenvalue weighted by Crippen LogP contribution is -2.13. The predicted molar refractivity (Wildman–Crippen MR) is 34.3 cm³/mol. The molecule has 0 aromatic rings. The second-order valence-electron chi connectivity index (χ2n) is 2.49. The molecule has 0 unspecified atom stereocenters. The Morgan fingerprint density at radius 2 is 2.33 bits per heavy atom. The van der Waals surface area contributed by atoms with Gasteiger partial charge >= 0.3 is 0 Å². The SMILES string of the molecule is CCOC1(CC=O)CC1. The van der Waals surface area contributed by atoms with Crippen LogP contribution < -0.4 is 0 Å². The fourth-order valence-corrected chi connectivity index (χ4v) is 1.00. The fraction of sp³-hybridized carbons (Fsp3) is 0.857. The van der Waals surface area contributed by atoms with E-state index in [1.54, 1.807) is 0 Å². The van der Waals surface area contributed by atoms with Gasteiger partial charge in [0.25, 0.3) is 0 Å². The zero-order valence-electron chi connectivity index (χ0n) is 5.72. The summed E-state index contributed by atoms with van der Waals surface area (Å²) in [5, 5.41) is 0. The fourth-order valence-electron chi connectivity index (χ4n) is 1.00. The molecule has 0 aromatic carbocycles. The summed E-state index contributed by atoms with van der Waals surface area (Å²) in [4.78, 5) is 10.1. The van der Waals surface area contributed by atoms with E-state index in [2.05, 4.69) is 0 Å². The van der Waals surface area contributed by atoms with Gasteiger partial charge in [-0.25, -0.2) is 0 Å².